The summed E-state index contributed by atoms with van der Waals surface area (Å²) in [5.74, 6) is 0.855. The fourth-order valence-electron chi connectivity index (χ4n) is 2.32. The van der Waals surface area contributed by atoms with Crippen LogP contribution in [0.3, 0.4) is 0 Å². The van der Waals surface area contributed by atoms with Gasteiger partial charge in [0.05, 0.1) is 18.1 Å². The molecule has 5 nitrogen and oxygen atoms in total. The molecule has 0 radical (unpaired) electrons. The first-order chi connectivity index (χ1) is 8.69. The molecule has 1 N–H and O–H groups in total. The number of anilines is 1. The van der Waals surface area contributed by atoms with Gasteiger partial charge in [0.15, 0.2) is 0 Å². The second kappa shape index (κ2) is 6.11. The monoisotopic (exact) mass is 249 g/mol. The maximum absolute atomic E-state index is 4.45. The summed E-state index contributed by atoms with van der Waals surface area (Å²) in [4.78, 5) is 13.6. The summed E-state index contributed by atoms with van der Waals surface area (Å²) in [7, 11) is 4.30. The Bertz CT molecular complexity index is 362. The molecule has 1 aromatic heterocycles. The van der Waals surface area contributed by atoms with E-state index in [1.807, 2.05) is 12.4 Å². The van der Waals surface area contributed by atoms with Crippen LogP contribution >= 0.6 is 0 Å². The average Bonchev–Trinajstić information content (AvgIpc) is 2.81. The normalized spacial score (nSPS) is 20.6. The quantitative estimate of drug-likeness (QED) is 0.845. The smallest absolute Gasteiger partial charge is 0.144 e. The molecule has 2 heterocycles. The first kappa shape index (κ1) is 13.2. The van der Waals surface area contributed by atoms with Crippen LogP contribution in [0.4, 0.5) is 5.82 Å². The second-order valence-electron chi connectivity index (χ2n) is 5.06. The minimum Gasteiger partial charge on any atom is -0.369 e. The zero-order valence-corrected chi connectivity index (χ0v) is 11.6. The molecule has 18 heavy (non-hydrogen) atoms. The number of hydrogen-bond donors (Lipinski definition) is 1. The van der Waals surface area contributed by atoms with E-state index in [1.54, 1.807) is 0 Å². The van der Waals surface area contributed by atoms with E-state index in [1.165, 1.54) is 6.42 Å². The number of likely N-dealkylation sites (N-methyl/N-ethyl adjacent to an activating group) is 1. The van der Waals surface area contributed by atoms with Crippen LogP contribution in [0.25, 0.3) is 0 Å². The largest absolute Gasteiger partial charge is 0.369 e. The van der Waals surface area contributed by atoms with E-state index in [4.69, 9.17) is 0 Å². The minimum absolute atomic E-state index is 0.680. The van der Waals surface area contributed by atoms with Crippen molar-refractivity contribution in [1.82, 2.24) is 19.8 Å². The van der Waals surface area contributed by atoms with E-state index in [0.717, 1.165) is 37.7 Å². The lowest BCUT2D eigenvalue weighted by Gasteiger charge is -2.20. The van der Waals surface area contributed by atoms with Crippen LogP contribution in [-0.4, -0.2) is 59.5 Å². The molecule has 0 spiro atoms. The van der Waals surface area contributed by atoms with Crippen LogP contribution in [-0.2, 0) is 6.54 Å². The zero-order valence-electron chi connectivity index (χ0n) is 11.6. The number of nitrogens with one attached hydrogen (secondary N) is 1. The molecule has 1 saturated heterocycles. The molecule has 1 aliphatic rings. The van der Waals surface area contributed by atoms with Crippen LogP contribution in [0.15, 0.2) is 12.4 Å². The van der Waals surface area contributed by atoms with Gasteiger partial charge < -0.3 is 10.2 Å². The van der Waals surface area contributed by atoms with E-state index < -0.39 is 0 Å². The van der Waals surface area contributed by atoms with E-state index in [9.17, 15) is 0 Å². The highest BCUT2D eigenvalue weighted by Crippen LogP contribution is 2.15. The molecule has 2 rings (SSSR count). The predicted octanol–water partition coefficient (Wildman–Crippen LogP) is 1.04. The highest BCUT2D eigenvalue weighted by Gasteiger charge is 2.23. The number of rotatable bonds is 5. The van der Waals surface area contributed by atoms with Crippen molar-refractivity contribution in [3.05, 3.63) is 18.1 Å². The molecule has 0 saturated carbocycles. The Kier molecular flexibility index (Phi) is 4.49. The fourth-order valence-corrected chi connectivity index (χ4v) is 2.32. The number of hydrogen-bond acceptors (Lipinski definition) is 5. The fraction of sp³-hybridized carbons (Fsp3) is 0.692. The Labute approximate surface area is 109 Å². The van der Waals surface area contributed by atoms with E-state index in [2.05, 4.69) is 46.1 Å². The Morgan fingerprint density at radius 3 is 2.78 bits per heavy atom. The molecular formula is C13H23N5. The Hall–Kier alpha value is -1.20. The molecule has 1 unspecified atom stereocenters. The molecule has 1 aliphatic heterocycles. The molecule has 1 aromatic rings. The number of nitrogens with zero attached hydrogens (tertiary/aromatic N) is 4. The Morgan fingerprint density at radius 2 is 2.22 bits per heavy atom. The van der Waals surface area contributed by atoms with Gasteiger partial charge in [0, 0.05) is 32.2 Å². The Balaban J connectivity index is 1.86. The maximum Gasteiger partial charge on any atom is 0.144 e. The van der Waals surface area contributed by atoms with Gasteiger partial charge in [0.1, 0.15) is 5.82 Å². The third-order valence-corrected chi connectivity index (χ3v) is 3.43. The summed E-state index contributed by atoms with van der Waals surface area (Å²) >= 11 is 0. The standard InChI is InChI=1S/C13H23N5/c1-4-14-13-8-15-11(7-16-13)9-18-6-5-12(10-18)17(2)3/h7-8,12H,4-6,9-10H2,1-3H3,(H,14,16). The van der Waals surface area contributed by atoms with Gasteiger partial charge in [0.25, 0.3) is 0 Å². The highest BCUT2D eigenvalue weighted by molar-refractivity contribution is 5.30. The van der Waals surface area contributed by atoms with Gasteiger partial charge in [-0.1, -0.05) is 0 Å². The van der Waals surface area contributed by atoms with Crippen LogP contribution < -0.4 is 5.32 Å². The van der Waals surface area contributed by atoms with Crippen LogP contribution in [0, 0.1) is 0 Å². The summed E-state index contributed by atoms with van der Waals surface area (Å²) in [6, 6.07) is 0.680. The highest BCUT2D eigenvalue weighted by atomic mass is 15.2. The lowest BCUT2D eigenvalue weighted by atomic mass is 10.2. The molecule has 5 heteroatoms. The van der Waals surface area contributed by atoms with Gasteiger partial charge in [-0.05, 0) is 27.4 Å². The molecule has 1 atom stereocenters. The molecule has 0 bridgehead atoms. The topological polar surface area (TPSA) is 44.3 Å². The van der Waals surface area contributed by atoms with Gasteiger partial charge in [-0.2, -0.15) is 0 Å². The molecule has 0 aliphatic carbocycles. The SMILES string of the molecule is CCNc1cnc(CN2CCC(N(C)C)C2)cn1. The third kappa shape index (κ3) is 3.40. The van der Waals surface area contributed by atoms with E-state index >= 15 is 0 Å². The zero-order chi connectivity index (χ0) is 13.0. The van der Waals surface area contributed by atoms with Gasteiger partial charge in [-0.25, -0.2) is 4.98 Å². The maximum atomic E-state index is 4.45. The minimum atomic E-state index is 0.680. The molecule has 0 aromatic carbocycles. The van der Waals surface area contributed by atoms with E-state index in [-0.39, 0.29) is 0 Å². The number of likely N-dealkylation sites (tertiary alicyclic amines) is 1. The molecule has 100 valence electrons. The van der Waals surface area contributed by atoms with Crippen molar-refractivity contribution in [2.24, 2.45) is 0 Å². The van der Waals surface area contributed by atoms with E-state index in [0.29, 0.717) is 6.04 Å². The summed E-state index contributed by atoms with van der Waals surface area (Å²) in [6.45, 7) is 6.12. The molecule has 1 fully saturated rings. The summed E-state index contributed by atoms with van der Waals surface area (Å²) in [6.07, 6.45) is 4.94. The summed E-state index contributed by atoms with van der Waals surface area (Å²) < 4.78 is 0. The molecule has 0 amide bonds. The lowest BCUT2D eigenvalue weighted by molar-refractivity contribution is 0.263. The third-order valence-electron chi connectivity index (χ3n) is 3.43. The van der Waals surface area contributed by atoms with Crippen LogP contribution in [0.5, 0.6) is 0 Å². The Morgan fingerprint density at radius 1 is 1.39 bits per heavy atom. The van der Waals surface area contributed by atoms with Crippen molar-refractivity contribution in [3.8, 4) is 0 Å². The van der Waals surface area contributed by atoms with Crippen molar-refractivity contribution >= 4 is 5.82 Å². The second-order valence-corrected chi connectivity index (χ2v) is 5.06. The van der Waals surface area contributed by atoms with Gasteiger partial charge in [-0.3, -0.25) is 9.88 Å². The van der Waals surface area contributed by atoms with Gasteiger partial charge in [-0.15, -0.1) is 0 Å². The summed E-state index contributed by atoms with van der Waals surface area (Å²) in [5.41, 5.74) is 1.05. The van der Waals surface area contributed by atoms with Crippen molar-refractivity contribution < 1.29 is 0 Å². The van der Waals surface area contributed by atoms with Crippen molar-refractivity contribution in [1.29, 1.82) is 0 Å². The van der Waals surface area contributed by atoms with Gasteiger partial charge in [0.2, 0.25) is 0 Å². The first-order valence-corrected chi connectivity index (χ1v) is 6.62. The average molecular weight is 249 g/mol. The van der Waals surface area contributed by atoms with Crippen LogP contribution in [0.1, 0.15) is 19.0 Å². The van der Waals surface area contributed by atoms with Crippen molar-refractivity contribution in [3.63, 3.8) is 0 Å². The van der Waals surface area contributed by atoms with Gasteiger partial charge >= 0.3 is 0 Å². The van der Waals surface area contributed by atoms with Crippen molar-refractivity contribution in [2.75, 3.05) is 39.0 Å². The molecular weight excluding hydrogens is 226 g/mol. The summed E-state index contributed by atoms with van der Waals surface area (Å²) in [5, 5.41) is 3.16. The van der Waals surface area contributed by atoms with Crippen LogP contribution in [0.2, 0.25) is 0 Å². The van der Waals surface area contributed by atoms with Crippen molar-refractivity contribution in [2.45, 2.75) is 25.9 Å². The number of aromatic nitrogens is 2. The first-order valence-electron chi connectivity index (χ1n) is 6.62. The lowest BCUT2D eigenvalue weighted by Crippen LogP contribution is -2.31. The predicted molar refractivity (Wildman–Crippen MR) is 73.6 cm³/mol.